The van der Waals surface area contributed by atoms with Gasteiger partial charge in [0.15, 0.2) is 0 Å². The Hall–Kier alpha value is -2.39. The van der Waals surface area contributed by atoms with E-state index in [1.165, 1.54) is 4.90 Å². The molecule has 1 saturated carbocycles. The first kappa shape index (κ1) is 22.8. The highest BCUT2D eigenvalue weighted by Gasteiger charge is 2.41. The maximum absolute atomic E-state index is 12.8. The van der Waals surface area contributed by atoms with Gasteiger partial charge in [-0.2, -0.15) is 0 Å². The van der Waals surface area contributed by atoms with Gasteiger partial charge in [-0.25, -0.2) is 0 Å². The SMILES string of the molecule is O=C(Nc1ccc(I)cc1)c1ccc(CNC2=C(Cl)C(=O)N(C3CCCCC3)C2=O)cc1. The van der Waals surface area contributed by atoms with Crippen molar-refractivity contribution in [3.8, 4) is 0 Å². The highest BCUT2D eigenvalue weighted by atomic mass is 127. The monoisotopic (exact) mass is 563 g/mol. The lowest BCUT2D eigenvalue weighted by molar-refractivity contribution is -0.140. The van der Waals surface area contributed by atoms with Crippen molar-refractivity contribution in [2.24, 2.45) is 0 Å². The molecule has 2 N–H and O–H groups in total. The molecule has 0 saturated heterocycles. The van der Waals surface area contributed by atoms with Gasteiger partial charge in [0, 0.05) is 27.4 Å². The molecule has 8 heteroatoms. The summed E-state index contributed by atoms with van der Waals surface area (Å²) in [5.41, 5.74) is 2.28. The van der Waals surface area contributed by atoms with E-state index in [2.05, 4.69) is 33.2 Å². The zero-order chi connectivity index (χ0) is 22.7. The van der Waals surface area contributed by atoms with Gasteiger partial charge in [-0.3, -0.25) is 19.3 Å². The molecule has 166 valence electrons. The zero-order valence-corrected chi connectivity index (χ0v) is 20.3. The van der Waals surface area contributed by atoms with Gasteiger partial charge >= 0.3 is 0 Å². The molecule has 1 fully saturated rings. The lowest BCUT2D eigenvalue weighted by Crippen LogP contribution is -2.43. The minimum Gasteiger partial charge on any atom is -0.375 e. The second kappa shape index (κ2) is 10.0. The second-order valence-corrected chi connectivity index (χ2v) is 9.60. The zero-order valence-electron chi connectivity index (χ0n) is 17.4. The van der Waals surface area contributed by atoms with Crippen molar-refractivity contribution in [1.29, 1.82) is 0 Å². The maximum Gasteiger partial charge on any atom is 0.278 e. The Kier molecular flexibility index (Phi) is 7.15. The molecule has 1 aliphatic carbocycles. The highest BCUT2D eigenvalue weighted by Crippen LogP contribution is 2.30. The summed E-state index contributed by atoms with van der Waals surface area (Å²) in [5, 5.41) is 5.84. The summed E-state index contributed by atoms with van der Waals surface area (Å²) in [7, 11) is 0. The van der Waals surface area contributed by atoms with Crippen LogP contribution in [0.5, 0.6) is 0 Å². The maximum atomic E-state index is 12.8. The fourth-order valence-corrected chi connectivity index (χ4v) is 4.64. The molecular weight excluding hydrogens is 541 g/mol. The van der Waals surface area contributed by atoms with E-state index in [9.17, 15) is 14.4 Å². The topological polar surface area (TPSA) is 78.5 Å². The minimum absolute atomic E-state index is 0.0471. The van der Waals surface area contributed by atoms with Crippen LogP contribution in [0.3, 0.4) is 0 Å². The van der Waals surface area contributed by atoms with Crippen LogP contribution in [-0.4, -0.2) is 28.7 Å². The van der Waals surface area contributed by atoms with Crippen molar-refractivity contribution in [2.45, 2.75) is 44.7 Å². The number of carbonyl (C=O) groups is 3. The number of rotatable bonds is 6. The van der Waals surface area contributed by atoms with E-state index in [0.29, 0.717) is 12.1 Å². The molecule has 0 atom stereocenters. The van der Waals surface area contributed by atoms with Crippen molar-refractivity contribution in [2.75, 3.05) is 5.32 Å². The third kappa shape index (κ3) is 4.99. The molecule has 2 aromatic carbocycles. The van der Waals surface area contributed by atoms with Gasteiger partial charge in [0.2, 0.25) is 0 Å². The van der Waals surface area contributed by atoms with Crippen LogP contribution in [-0.2, 0) is 16.1 Å². The van der Waals surface area contributed by atoms with Gasteiger partial charge in [-0.1, -0.05) is 43.0 Å². The quantitative estimate of drug-likeness (QED) is 0.392. The summed E-state index contributed by atoms with van der Waals surface area (Å²) in [4.78, 5) is 39.2. The fourth-order valence-electron chi connectivity index (χ4n) is 4.04. The Labute approximate surface area is 205 Å². The molecule has 4 rings (SSSR count). The van der Waals surface area contributed by atoms with Crippen molar-refractivity contribution >= 4 is 57.6 Å². The normalized spacial score (nSPS) is 17.1. The van der Waals surface area contributed by atoms with E-state index in [-0.39, 0.29) is 28.6 Å². The first-order valence-electron chi connectivity index (χ1n) is 10.6. The standard InChI is InChI=1S/C24H23ClIN3O3/c25-20-21(24(32)29(23(20)31)19-4-2-1-3-5-19)27-14-15-6-8-16(9-7-15)22(30)28-18-12-10-17(26)11-13-18/h6-13,19,27H,1-5,14H2,(H,28,30). The van der Waals surface area contributed by atoms with Crippen LogP contribution in [0.4, 0.5) is 5.69 Å². The van der Waals surface area contributed by atoms with Gasteiger partial charge in [0.05, 0.1) is 0 Å². The van der Waals surface area contributed by atoms with Crippen molar-refractivity contribution in [1.82, 2.24) is 10.2 Å². The molecule has 6 nitrogen and oxygen atoms in total. The highest BCUT2D eigenvalue weighted by molar-refractivity contribution is 14.1. The number of carbonyl (C=O) groups excluding carboxylic acids is 3. The van der Waals surface area contributed by atoms with E-state index >= 15 is 0 Å². The molecule has 2 aliphatic rings. The molecule has 32 heavy (non-hydrogen) atoms. The molecule has 0 radical (unpaired) electrons. The second-order valence-electron chi connectivity index (χ2n) is 7.97. The third-order valence-electron chi connectivity index (χ3n) is 5.79. The summed E-state index contributed by atoms with van der Waals surface area (Å²) in [5.74, 6) is -0.953. The summed E-state index contributed by atoms with van der Waals surface area (Å²) < 4.78 is 1.09. The fraction of sp³-hybridized carbons (Fsp3) is 0.292. The molecule has 3 amide bonds. The van der Waals surface area contributed by atoms with Gasteiger partial charge in [-0.15, -0.1) is 0 Å². The number of nitrogens with zero attached hydrogens (tertiary/aromatic N) is 1. The van der Waals surface area contributed by atoms with Crippen LogP contribution < -0.4 is 10.6 Å². The number of benzene rings is 2. The first-order valence-corrected chi connectivity index (χ1v) is 12.1. The van der Waals surface area contributed by atoms with Crippen LogP contribution in [0.25, 0.3) is 0 Å². The van der Waals surface area contributed by atoms with Crippen LogP contribution in [0.1, 0.15) is 48.0 Å². The number of amides is 3. The third-order valence-corrected chi connectivity index (χ3v) is 6.86. The molecule has 0 bridgehead atoms. The number of anilines is 1. The van der Waals surface area contributed by atoms with E-state index in [4.69, 9.17) is 11.6 Å². The predicted molar refractivity (Wildman–Crippen MR) is 132 cm³/mol. The van der Waals surface area contributed by atoms with E-state index in [1.54, 1.807) is 12.1 Å². The number of nitrogens with one attached hydrogen (secondary N) is 2. The smallest absolute Gasteiger partial charge is 0.278 e. The minimum atomic E-state index is -0.409. The number of hydrogen-bond acceptors (Lipinski definition) is 4. The lowest BCUT2D eigenvalue weighted by Gasteiger charge is -2.29. The largest absolute Gasteiger partial charge is 0.375 e. The summed E-state index contributed by atoms with van der Waals surface area (Å²) in [6, 6.07) is 14.6. The van der Waals surface area contributed by atoms with E-state index in [0.717, 1.165) is 46.9 Å². The first-order chi connectivity index (χ1) is 15.4. The van der Waals surface area contributed by atoms with E-state index in [1.807, 2.05) is 36.4 Å². The van der Waals surface area contributed by atoms with Crippen molar-refractivity contribution in [3.63, 3.8) is 0 Å². The van der Waals surface area contributed by atoms with Crippen LogP contribution in [0.15, 0.2) is 59.3 Å². The van der Waals surface area contributed by atoms with Gasteiger partial charge in [-0.05, 0) is 77.4 Å². The molecule has 0 unspecified atom stereocenters. The average molecular weight is 564 g/mol. The predicted octanol–water partition coefficient (Wildman–Crippen LogP) is 4.79. The van der Waals surface area contributed by atoms with Crippen LogP contribution in [0, 0.1) is 3.57 Å². The number of imide groups is 1. The Morgan fingerprint density at radius 1 is 0.969 bits per heavy atom. The van der Waals surface area contributed by atoms with Crippen LogP contribution >= 0.6 is 34.2 Å². The molecule has 0 spiro atoms. The molecule has 1 heterocycles. The molecule has 2 aromatic rings. The Morgan fingerprint density at radius 3 is 2.28 bits per heavy atom. The van der Waals surface area contributed by atoms with Crippen molar-refractivity contribution < 1.29 is 14.4 Å². The average Bonchev–Trinajstić information content (AvgIpc) is 3.02. The van der Waals surface area contributed by atoms with Gasteiger partial charge in [0.25, 0.3) is 17.7 Å². The Balaban J connectivity index is 1.36. The summed E-state index contributed by atoms with van der Waals surface area (Å²) in [6.07, 6.45) is 4.84. The Bertz CT molecular complexity index is 1060. The number of halogens is 2. The lowest BCUT2D eigenvalue weighted by atomic mass is 9.94. The van der Waals surface area contributed by atoms with Crippen molar-refractivity contribution in [3.05, 3.63) is 74.0 Å². The summed E-state index contributed by atoms with van der Waals surface area (Å²) >= 11 is 8.42. The van der Waals surface area contributed by atoms with Gasteiger partial charge < -0.3 is 10.6 Å². The Morgan fingerprint density at radius 2 is 1.62 bits per heavy atom. The molecule has 1 aliphatic heterocycles. The van der Waals surface area contributed by atoms with Crippen LogP contribution in [0.2, 0.25) is 0 Å². The number of hydrogen-bond donors (Lipinski definition) is 2. The van der Waals surface area contributed by atoms with Gasteiger partial charge in [0.1, 0.15) is 10.7 Å². The molecular formula is C24H23ClIN3O3. The molecule has 0 aromatic heterocycles. The summed E-state index contributed by atoms with van der Waals surface area (Å²) in [6.45, 7) is 0.322. The van der Waals surface area contributed by atoms with E-state index < -0.39 is 5.91 Å².